The summed E-state index contributed by atoms with van der Waals surface area (Å²) in [5.74, 6) is -0.0635. The predicted octanol–water partition coefficient (Wildman–Crippen LogP) is 0.996. The van der Waals surface area contributed by atoms with Crippen LogP contribution in [-0.4, -0.2) is 33.7 Å². The number of amides is 1. The van der Waals surface area contributed by atoms with E-state index in [-0.39, 0.29) is 11.7 Å². The van der Waals surface area contributed by atoms with E-state index in [0.29, 0.717) is 24.3 Å². The van der Waals surface area contributed by atoms with Crippen LogP contribution in [0.4, 0.5) is 11.4 Å². The Labute approximate surface area is 113 Å². The third-order valence-electron chi connectivity index (χ3n) is 2.42. The van der Waals surface area contributed by atoms with Crippen LogP contribution in [-0.2, 0) is 14.8 Å². The van der Waals surface area contributed by atoms with Gasteiger partial charge in [-0.2, -0.15) is 0 Å². The number of hydrogen-bond acceptors (Lipinski definition) is 4. The fraction of sp³-hybridized carbons (Fsp3) is 0.417. The van der Waals surface area contributed by atoms with E-state index in [1.165, 1.54) is 0 Å². The van der Waals surface area contributed by atoms with Crippen LogP contribution in [0.25, 0.3) is 0 Å². The third-order valence-corrected chi connectivity index (χ3v) is 3.73. The van der Waals surface area contributed by atoms with E-state index in [0.717, 1.165) is 0 Å². The molecule has 0 fully saturated rings. The Hall–Kier alpha value is -1.60. The van der Waals surface area contributed by atoms with Crippen molar-refractivity contribution in [3.8, 4) is 0 Å². The molecule has 0 spiro atoms. The van der Waals surface area contributed by atoms with E-state index in [9.17, 15) is 13.2 Å². The normalized spacial score (nSPS) is 11.1. The summed E-state index contributed by atoms with van der Waals surface area (Å²) in [4.78, 5) is 11.5. The highest BCUT2D eigenvalue weighted by Crippen LogP contribution is 2.15. The minimum Gasteiger partial charge on any atom is -0.326 e. The van der Waals surface area contributed by atoms with E-state index in [1.54, 1.807) is 38.2 Å². The van der Waals surface area contributed by atoms with Gasteiger partial charge < -0.3 is 10.6 Å². The Kier molecular flexibility index (Phi) is 5.78. The summed E-state index contributed by atoms with van der Waals surface area (Å²) >= 11 is 0. The Morgan fingerprint density at radius 3 is 2.26 bits per heavy atom. The minimum atomic E-state index is -3.27. The van der Waals surface area contributed by atoms with Crippen molar-refractivity contribution in [2.75, 3.05) is 29.4 Å². The number of carbonyl (C=O) groups is 1. The van der Waals surface area contributed by atoms with Crippen molar-refractivity contribution in [1.82, 2.24) is 5.32 Å². The smallest absolute Gasteiger partial charge is 0.232 e. The molecule has 19 heavy (non-hydrogen) atoms. The summed E-state index contributed by atoms with van der Waals surface area (Å²) in [5.41, 5.74) is 1.12. The molecule has 0 bridgehead atoms. The van der Waals surface area contributed by atoms with Gasteiger partial charge in [-0.15, -0.1) is 0 Å². The number of nitrogens with one attached hydrogen (secondary N) is 3. The maximum atomic E-state index is 11.5. The molecule has 106 valence electrons. The van der Waals surface area contributed by atoms with Gasteiger partial charge in [-0.25, -0.2) is 8.42 Å². The van der Waals surface area contributed by atoms with Gasteiger partial charge in [0.15, 0.2) is 0 Å². The van der Waals surface area contributed by atoms with Crippen molar-refractivity contribution in [2.45, 2.75) is 13.3 Å². The van der Waals surface area contributed by atoms with Gasteiger partial charge in [-0.3, -0.25) is 9.52 Å². The summed E-state index contributed by atoms with van der Waals surface area (Å²) in [6.45, 7) is 2.18. The topological polar surface area (TPSA) is 87.3 Å². The van der Waals surface area contributed by atoms with Crippen LogP contribution in [0.5, 0.6) is 0 Å². The number of sulfonamides is 1. The van der Waals surface area contributed by atoms with Gasteiger partial charge in [0.05, 0.1) is 5.75 Å². The average molecular weight is 285 g/mol. The summed E-state index contributed by atoms with van der Waals surface area (Å²) < 4.78 is 25.2. The lowest BCUT2D eigenvalue weighted by molar-refractivity contribution is -0.116. The van der Waals surface area contributed by atoms with Crippen molar-refractivity contribution in [2.24, 2.45) is 0 Å². The Balaban J connectivity index is 2.59. The molecule has 1 rings (SSSR count). The number of carbonyl (C=O) groups excluding carboxylic acids is 1. The van der Waals surface area contributed by atoms with Crippen molar-refractivity contribution in [3.05, 3.63) is 24.3 Å². The van der Waals surface area contributed by atoms with Crippen molar-refractivity contribution in [3.63, 3.8) is 0 Å². The van der Waals surface area contributed by atoms with Gasteiger partial charge >= 0.3 is 0 Å². The Morgan fingerprint density at radius 1 is 1.16 bits per heavy atom. The first kappa shape index (κ1) is 15.5. The molecular formula is C12H19N3O3S. The highest BCUT2D eigenvalue weighted by atomic mass is 32.2. The molecule has 0 saturated carbocycles. The molecule has 7 heteroatoms. The zero-order chi connectivity index (χ0) is 14.3. The standard InChI is InChI=1S/C12H19N3O3S/c1-3-19(17,18)15-11-6-4-10(5-7-11)14-12(16)8-9-13-2/h4-7,13,15H,3,8-9H2,1-2H3,(H,14,16). The van der Waals surface area contributed by atoms with Crippen LogP contribution < -0.4 is 15.4 Å². The van der Waals surface area contributed by atoms with Gasteiger partial charge in [-0.1, -0.05) is 0 Å². The summed E-state index contributed by atoms with van der Waals surface area (Å²) in [6.07, 6.45) is 0.390. The first-order valence-corrected chi connectivity index (χ1v) is 7.67. The molecule has 0 aliphatic heterocycles. The highest BCUT2D eigenvalue weighted by Gasteiger charge is 2.06. The zero-order valence-electron chi connectivity index (χ0n) is 11.1. The molecule has 1 aromatic carbocycles. The molecule has 0 atom stereocenters. The van der Waals surface area contributed by atoms with Gasteiger partial charge in [0.1, 0.15) is 0 Å². The van der Waals surface area contributed by atoms with Crippen molar-refractivity contribution >= 4 is 27.3 Å². The fourth-order valence-electron chi connectivity index (χ4n) is 1.34. The summed E-state index contributed by atoms with van der Waals surface area (Å²) in [6, 6.07) is 6.54. The van der Waals surface area contributed by atoms with Crippen molar-refractivity contribution < 1.29 is 13.2 Å². The highest BCUT2D eigenvalue weighted by molar-refractivity contribution is 7.92. The van der Waals surface area contributed by atoms with Gasteiger partial charge in [-0.05, 0) is 38.2 Å². The van der Waals surface area contributed by atoms with Crippen molar-refractivity contribution in [1.29, 1.82) is 0 Å². The molecule has 0 unspecified atom stereocenters. The van der Waals surface area contributed by atoms with Crippen LogP contribution in [0.3, 0.4) is 0 Å². The fourth-order valence-corrected chi connectivity index (χ4v) is 1.97. The second kappa shape index (κ2) is 7.10. The van der Waals surface area contributed by atoms with E-state index in [4.69, 9.17) is 0 Å². The van der Waals surface area contributed by atoms with Crippen LogP contribution in [0.1, 0.15) is 13.3 Å². The lowest BCUT2D eigenvalue weighted by atomic mass is 10.3. The van der Waals surface area contributed by atoms with Crippen LogP contribution in [0.2, 0.25) is 0 Å². The van der Waals surface area contributed by atoms with E-state index in [1.807, 2.05) is 0 Å². The maximum Gasteiger partial charge on any atom is 0.232 e. The molecule has 0 radical (unpaired) electrons. The molecule has 1 amide bonds. The number of anilines is 2. The second-order valence-electron chi connectivity index (χ2n) is 3.98. The molecule has 0 heterocycles. The van der Waals surface area contributed by atoms with Gasteiger partial charge in [0.2, 0.25) is 15.9 Å². The van der Waals surface area contributed by atoms with Crippen LogP contribution in [0, 0.1) is 0 Å². The lowest BCUT2D eigenvalue weighted by Crippen LogP contribution is -2.18. The largest absolute Gasteiger partial charge is 0.326 e. The Morgan fingerprint density at radius 2 is 1.74 bits per heavy atom. The van der Waals surface area contributed by atoms with E-state index >= 15 is 0 Å². The zero-order valence-corrected chi connectivity index (χ0v) is 11.9. The molecular weight excluding hydrogens is 266 g/mol. The first-order valence-electron chi connectivity index (χ1n) is 6.02. The van der Waals surface area contributed by atoms with E-state index < -0.39 is 10.0 Å². The summed E-state index contributed by atoms with van der Waals surface area (Å²) in [7, 11) is -1.49. The van der Waals surface area contributed by atoms with Gasteiger partial charge in [0.25, 0.3) is 0 Å². The Bertz CT molecular complexity index is 512. The number of benzene rings is 1. The van der Waals surface area contributed by atoms with E-state index in [2.05, 4.69) is 15.4 Å². The molecule has 1 aromatic rings. The quantitative estimate of drug-likeness (QED) is 0.697. The average Bonchev–Trinajstić information content (AvgIpc) is 2.38. The van der Waals surface area contributed by atoms with Crippen LogP contribution in [0.15, 0.2) is 24.3 Å². The second-order valence-corrected chi connectivity index (χ2v) is 6.00. The third kappa shape index (κ3) is 5.71. The molecule has 3 N–H and O–H groups in total. The lowest BCUT2D eigenvalue weighted by Gasteiger charge is -2.08. The minimum absolute atomic E-state index is 0.0233. The molecule has 0 aliphatic carbocycles. The number of hydrogen-bond donors (Lipinski definition) is 3. The molecule has 0 saturated heterocycles. The molecule has 0 aliphatic rings. The maximum absolute atomic E-state index is 11.5. The molecule has 0 aromatic heterocycles. The number of rotatable bonds is 7. The monoisotopic (exact) mass is 285 g/mol. The summed E-state index contributed by atoms with van der Waals surface area (Å²) in [5, 5.41) is 5.61. The van der Waals surface area contributed by atoms with Gasteiger partial charge in [0, 0.05) is 24.3 Å². The SMILES string of the molecule is CCS(=O)(=O)Nc1ccc(NC(=O)CCNC)cc1. The predicted molar refractivity (Wildman–Crippen MR) is 76.7 cm³/mol. The first-order chi connectivity index (χ1) is 8.96. The molecule has 6 nitrogen and oxygen atoms in total. The van der Waals surface area contributed by atoms with Crippen LogP contribution >= 0.6 is 0 Å².